The average molecular weight is 475 g/mol. The van der Waals surface area contributed by atoms with Crippen molar-refractivity contribution in [2.75, 3.05) is 6.61 Å². The zero-order valence-corrected chi connectivity index (χ0v) is 17.2. The molecular weight excluding hydrogens is 456 g/mol. The Balaban J connectivity index is 1.84. The maximum Gasteiger partial charge on any atom is 0.433 e. The fourth-order valence-electron chi connectivity index (χ4n) is 3.32. The number of carbonyl (C=O) groups excluding carboxylic acids is 1. The summed E-state index contributed by atoms with van der Waals surface area (Å²) in [5.41, 5.74) is -0.306. The minimum absolute atomic E-state index is 0.00781. The van der Waals surface area contributed by atoms with Gasteiger partial charge in [-0.3, -0.25) is 9.78 Å². The van der Waals surface area contributed by atoms with Crippen molar-refractivity contribution in [3.63, 3.8) is 0 Å². The molecule has 0 fully saturated rings. The van der Waals surface area contributed by atoms with Gasteiger partial charge in [-0.25, -0.2) is 0 Å². The van der Waals surface area contributed by atoms with Gasteiger partial charge in [0.05, 0.1) is 25.3 Å². The molecule has 0 spiro atoms. The quantitative estimate of drug-likeness (QED) is 0.501. The number of nitrogens with zero attached hydrogens (tertiary/aromatic N) is 2. The van der Waals surface area contributed by atoms with E-state index in [4.69, 9.17) is 4.74 Å². The zero-order chi connectivity index (χ0) is 24.4. The van der Waals surface area contributed by atoms with Gasteiger partial charge in [0.25, 0.3) is 5.91 Å². The molecule has 0 aromatic carbocycles. The Morgan fingerprint density at radius 1 is 1.21 bits per heavy atom. The van der Waals surface area contributed by atoms with Crippen LogP contribution in [0.25, 0.3) is 5.52 Å². The van der Waals surface area contributed by atoms with Crippen LogP contribution in [0.4, 0.5) is 26.3 Å². The van der Waals surface area contributed by atoms with Gasteiger partial charge in [-0.2, -0.15) is 26.3 Å². The van der Waals surface area contributed by atoms with Crippen LogP contribution in [0, 0.1) is 6.92 Å². The van der Waals surface area contributed by atoms with Gasteiger partial charge in [-0.1, -0.05) is 6.07 Å². The molecular formula is C21H19F6N3O3. The van der Waals surface area contributed by atoms with Crippen LogP contribution in [0.3, 0.4) is 0 Å². The highest BCUT2D eigenvalue weighted by Gasteiger charge is 2.35. The maximum atomic E-state index is 13.1. The number of aliphatic hydroxyl groups excluding tert-OH is 1. The summed E-state index contributed by atoms with van der Waals surface area (Å²) in [4.78, 5) is 16.0. The van der Waals surface area contributed by atoms with Crippen molar-refractivity contribution in [3.05, 3.63) is 65.2 Å². The van der Waals surface area contributed by atoms with Gasteiger partial charge in [0.15, 0.2) is 5.69 Å². The number of nitrogens with one attached hydrogen (secondary N) is 1. The third kappa shape index (κ3) is 5.95. The predicted molar refractivity (Wildman–Crippen MR) is 105 cm³/mol. The molecule has 3 aromatic rings. The number of hydrogen-bond acceptors (Lipinski definition) is 4. The number of aromatic nitrogens is 2. The first-order valence-electron chi connectivity index (χ1n) is 9.63. The van der Waals surface area contributed by atoms with E-state index >= 15 is 0 Å². The van der Waals surface area contributed by atoms with E-state index in [0.29, 0.717) is 11.1 Å². The Hall–Kier alpha value is -3.28. The van der Waals surface area contributed by atoms with E-state index in [0.717, 1.165) is 6.20 Å². The van der Waals surface area contributed by atoms with E-state index in [2.05, 4.69) is 10.3 Å². The number of pyridine rings is 2. The number of alkyl halides is 6. The lowest BCUT2D eigenvalue weighted by Crippen LogP contribution is -2.41. The summed E-state index contributed by atoms with van der Waals surface area (Å²) < 4.78 is 84.1. The Bertz CT molecular complexity index is 1140. The van der Waals surface area contributed by atoms with Crippen molar-refractivity contribution in [3.8, 4) is 5.75 Å². The summed E-state index contributed by atoms with van der Waals surface area (Å²) in [5.74, 6) is -0.724. The van der Waals surface area contributed by atoms with Crippen molar-refractivity contribution < 1.29 is 41.0 Å². The molecule has 0 radical (unpaired) electrons. The first-order chi connectivity index (χ1) is 15.4. The summed E-state index contributed by atoms with van der Waals surface area (Å²) in [6.07, 6.45) is -8.28. The lowest BCUT2D eigenvalue weighted by atomic mass is 10.2. The molecule has 2 N–H and O–H groups in total. The Morgan fingerprint density at radius 3 is 2.58 bits per heavy atom. The van der Waals surface area contributed by atoms with Crippen molar-refractivity contribution in [2.45, 2.75) is 38.3 Å². The molecule has 1 unspecified atom stereocenters. The summed E-state index contributed by atoms with van der Waals surface area (Å²) in [6, 6.07) is 5.68. The van der Waals surface area contributed by atoms with Crippen LogP contribution in [0.1, 0.15) is 33.7 Å². The smallest absolute Gasteiger partial charge is 0.433 e. The Kier molecular flexibility index (Phi) is 6.86. The Labute approximate surface area is 183 Å². The third-order valence-corrected chi connectivity index (χ3v) is 4.73. The molecule has 0 aliphatic rings. The highest BCUT2D eigenvalue weighted by atomic mass is 19.4. The number of ether oxygens (including phenoxy) is 1. The highest BCUT2D eigenvalue weighted by Crippen LogP contribution is 2.31. The van der Waals surface area contributed by atoms with Crippen LogP contribution < -0.4 is 10.1 Å². The van der Waals surface area contributed by atoms with E-state index in [1.165, 1.54) is 28.8 Å². The van der Waals surface area contributed by atoms with E-state index in [1.54, 1.807) is 19.1 Å². The lowest BCUT2D eigenvalue weighted by molar-refractivity contribution is -0.142. The summed E-state index contributed by atoms with van der Waals surface area (Å²) in [6.45, 7) is 0.216. The minimum Gasteiger partial charge on any atom is -0.487 e. The van der Waals surface area contributed by atoms with E-state index in [9.17, 15) is 36.2 Å². The molecule has 0 aliphatic carbocycles. The molecule has 3 heterocycles. The van der Waals surface area contributed by atoms with Crippen molar-refractivity contribution in [1.82, 2.24) is 14.7 Å². The minimum atomic E-state index is -4.66. The van der Waals surface area contributed by atoms with Gasteiger partial charge in [0.2, 0.25) is 0 Å². The van der Waals surface area contributed by atoms with E-state index in [-0.39, 0.29) is 17.0 Å². The predicted octanol–water partition coefficient (Wildman–Crippen LogP) is 4.28. The standard InChI is InChI=1S/C21H19F6N3O3/c1-12-7-15-4-5-16(33-11-13-3-2-6-28-18(13)21(25,26)27)9-30(15)17(12)19(32)29-14(10-31)8-20(22,23)24/h2-7,9,14,31H,8,10-11H2,1H3,(H,29,32). The molecule has 0 saturated heterocycles. The number of rotatable bonds is 7. The van der Waals surface area contributed by atoms with Crippen LogP contribution in [-0.4, -0.2) is 39.2 Å². The molecule has 6 nitrogen and oxygen atoms in total. The van der Waals surface area contributed by atoms with Gasteiger partial charge in [-0.05, 0) is 36.8 Å². The van der Waals surface area contributed by atoms with Gasteiger partial charge < -0.3 is 19.6 Å². The van der Waals surface area contributed by atoms with Crippen LogP contribution >= 0.6 is 0 Å². The number of aliphatic hydroxyl groups is 1. The van der Waals surface area contributed by atoms with Crippen LogP contribution in [0.2, 0.25) is 0 Å². The Morgan fingerprint density at radius 2 is 1.94 bits per heavy atom. The van der Waals surface area contributed by atoms with Crippen LogP contribution in [-0.2, 0) is 12.8 Å². The molecule has 0 saturated carbocycles. The summed E-state index contributed by atoms with van der Waals surface area (Å²) in [5, 5.41) is 11.3. The van der Waals surface area contributed by atoms with Crippen molar-refractivity contribution in [2.24, 2.45) is 0 Å². The van der Waals surface area contributed by atoms with Gasteiger partial charge in [0, 0.05) is 17.3 Å². The molecule has 3 aromatic heterocycles. The van der Waals surface area contributed by atoms with Gasteiger partial charge >= 0.3 is 12.4 Å². The van der Waals surface area contributed by atoms with E-state index in [1.807, 2.05) is 0 Å². The topological polar surface area (TPSA) is 75.9 Å². The number of fused-ring (bicyclic) bond motifs is 1. The van der Waals surface area contributed by atoms with Gasteiger partial charge in [0.1, 0.15) is 18.1 Å². The fraction of sp³-hybridized carbons (Fsp3) is 0.333. The van der Waals surface area contributed by atoms with Crippen LogP contribution in [0.15, 0.2) is 42.7 Å². The number of carbonyl (C=O) groups is 1. The monoisotopic (exact) mass is 475 g/mol. The van der Waals surface area contributed by atoms with Crippen LogP contribution in [0.5, 0.6) is 5.75 Å². The molecule has 12 heteroatoms. The number of hydrogen-bond donors (Lipinski definition) is 2. The lowest BCUT2D eigenvalue weighted by Gasteiger charge is -2.18. The second-order valence-electron chi connectivity index (χ2n) is 7.31. The van der Waals surface area contributed by atoms with Crippen molar-refractivity contribution >= 4 is 11.4 Å². The maximum absolute atomic E-state index is 13.1. The first kappa shape index (κ1) is 24.4. The van der Waals surface area contributed by atoms with E-state index < -0.39 is 49.6 Å². The fourth-order valence-corrected chi connectivity index (χ4v) is 3.32. The van der Waals surface area contributed by atoms with Gasteiger partial charge in [-0.15, -0.1) is 0 Å². The molecule has 1 amide bonds. The second kappa shape index (κ2) is 9.30. The number of amides is 1. The van der Waals surface area contributed by atoms with Crippen molar-refractivity contribution in [1.29, 1.82) is 0 Å². The SMILES string of the molecule is Cc1cc2ccc(OCc3cccnc3C(F)(F)F)cn2c1C(=O)NC(CO)CC(F)(F)F. The molecule has 3 rings (SSSR count). The summed E-state index contributed by atoms with van der Waals surface area (Å²) >= 11 is 0. The molecule has 0 aliphatic heterocycles. The second-order valence-corrected chi connectivity index (χ2v) is 7.31. The molecule has 178 valence electrons. The molecule has 0 bridgehead atoms. The normalized spacial score (nSPS) is 13.2. The molecule has 1 atom stereocenters. The first-order valence-corrected chi connectivity index (χ1v) is 9.63. The summed E-state index contributed by atoms with van der Waals surface area (Å²) in [7, 11) is 0. The largest absolute Gasteiger partial charge is 0.487 e. The third-order valence-electron chi connectivity index (χ3n) is 4.73. The molecule has 33 heavy (non-hydrogen) atoms. The number of aryl methyl sites for hydroxylation is 1. The zero-order valence-electron chi connectivity index (χ0n) is 17.2. The average Bonchev–Trinajstić information content (AvgIpc) is 3.05. The number of halogens is 6. The highest BCUT2D eigenvalue weighted by molar-refractivity contribution is 5.96.